The van der Waals surface area contributed by atoms with Gasteiger partial charge in [0.05, 0.1) is 12.1 Å². The fourth-order valence-electron chi connectivity index (χ4n) is 1.48. The Morgan fingerprint density at radius 2 is 2.10 bits per heavy atom. The van der Waals surface area contributed by atoms with Crippen molar-refractivity contribution < 1.29 is 0 Å². The van der Waals surface area contributed by atoms with Crippen LogP contribution in [-0.2, 0) is 0 Å². The molecule has 0 aliphatic heterocycles. The van der Waals surface area contributed by atoms with E-state index in [9.17, 15) is 0 Å². The van der Waals surface area contributed by atoms with Crippen LogP contribution in [0.4, 0.5) is 0 Å². The van der Waals surface area contributed by atoms with Crippen LogP contribution in [0.25, 0.3) is 0 Å². The van der Waals surface area contributed by atoms with Crippen LogP contribution in [-0.4, -0.2) is 12.1 Å². The van der Waals surface area contributed by atoms with Crippen LogP contribution in [0.2, 0.25) is 0 Å². The second kappa shape index (κ2) is 3.58. The first-order valence-corrected chi connectivity index (χ1v) is 3.98. The van der Waals surface area contributed by atoms with Crippen molar-refractivity contribution in [2.75, 3.05) is 0 Å². The fourth-order valence-corrected chi connectivity index (χ4v) is 1.48. The number of nitriles is 1. The molecular weight excluding hydrogens is 124 g/mol. The third-order valence-corrected chi connectivity index (χ3v) is 2.03. The Balaban J connectivity index is 2.19. The second-order valence-corrected chi connectivity index (χ2v) is 3.00. The van der Waals surface area contributed by atoms with Crippen molar-refractivity contribution in [1.82, 2.24) is 5.32 Å². The van der Waals surface area contributed by atoms with Crippen LogP contribution >= 0.6 is 0 Å². The molecule has 0 radical (unpaired) electrons. The molecule has 0 aromatic carbocycles. The fraction of sp³-hybridized carbons (Fsp3) is 0.875. The topological polar surface area (TPSA) is 35.8 Å². The summed E-state index contributed by atoms with van der Waals surface area (Å²) in [5.41, 5.74) is 0. The first kappa shape index (κ1) is 7.56. The lowest BCUT2D eigenvalue weighted by Crippen LogP contribution is -2.33. The van der Waals surface area contributed by atoms with Crippen molar-refractivity contribution in [2.24, 2.45) is 0 Å². The van der Waals surface area contributed by atoms with E-state index in [0.29, 0.717) is 6.04 Å². The van der Waals surface area contributed by atoms with Crippen LogP contribution in [0.15, 0.2) is 0 Å². The maximum absolute atomic E-state index is 8.48. The summed E-state index contributed by atoms with van der Waals surface area (Å²) >= 11 is 0. The molecule has 0 saturated heterocycles. The van der Waals surface area contributed by atoms with Gasteiger partial charge in [-0.05, 0) is 19.8 Å². The molecule has 2 nitrogen and oxygen atoms in total. The van der Waals surface area contributed by atoms with E-state index in [1.165, 1.54) is 25.7 Å². The standard InChI is InChI=1S/C8H14N2/c1-7(6-9)10-8-4-2-3-5-8/h7-8,10H,2-5H2,1H3. The van der Waals surface area contributed by atoms with Crippen LogP contribution in [0.5, 0.6) is 0 Å². The highest BCUT2D eigenvalue weighted by Gasteiger charge is 2.15. The zero-order valence-electron chi connectivity index (χ0n) is 6.43. The molecule has 1 aliphatic carbocycles. The number of rotatable bonds is 2. The van der Waals surface area contributed by atoms with E-state index in [2.05, 4.69) is 11.4 Å². The summed E-state index contributed by atoms with van der Waals surface area (Å²) in [4.78, 5) is 0. The van der Waals surface area contributed by atoms with Crippen molar-refractivity contribution in [1.29, 1.82) is 5.26 Å². The van der Waals surface area contributed by atoms with Gasteiger partial charge >= 0.3 is 0 Å². The van der Waals surface area contributed by atoms with E-state index in [4.69, 9.17) is 5.26 Å². The molecule has 56 valence electrons. The van der Waals surface area contributed by atoms with Crippen LogP contribution in [0, 0.1) is 11.3 Å². The van der Waals surface area contributed by atoms with Gasteiger partial charge in [-0.25, -0.2) is 0 Å². The highest BCUT2D eigenvalue weighted by atomic mass is 14.9. The van der Waals surface area contributed by atoms with Gasteiger partial charge in [-0.1, -0.05) is 12.8 Å². The van der Waals surface area contributed by atoms with Gasteiger partial charge in [-0.15, -0.1) is 0 Å². The summed E-state index contributed by atoms with van der Waals surface area (Å²) in [5, 5.41) is 11.7. The third-order valence-electron chi connectivity index (χ3n) is 2.03. The molecule has 1 unspecified atom stereocenters. The minimum absolute atomic E-state index is 0.0306. The predicted molar refractivity (Wildman–Crippen MR) is 40.5 cm³/mol. The van der Waals surface area contributed by atoms with Gasteiger partial charge in [0.2, 0.25) is 0 Å². The molecule has 0 spiro atoms. The summed E-state index contributed by atoms with van der Waals surface area (Å²) in [6, 6.07) is 2.83. The monoisotopic (exact) mass is 138 g/mol. The molecular formula is C8H14N2. The van der Waals surface area contributed by atoms with E-state index in [0.717, 1.165) is 0 Å². The van der Waals surface area contributed by atoms with Gasteiger partial charge in [-0.3, -0.25) is 5.32 Å². The summed E-state index contributed by atoms with van der Waals surface area (Å²) < 4.78 is 0. The molecule has 0 aromatic rings. The largest absolute Gasteiger partial charge is 0.299 e. The maximum atomic E-state index is 8.48. The molecule has 1 N–H and O–H groups in total. The molecule has 1 saturated carbocycles. The lowest BCUT2D eigenvalue weighted by molar-refractivity contribution is 0.500. The summed E-state index contributed by atoms with van der Waals surface area (Å²) in [7, 11) is 0. The van der Waals surface area contributed by atoms with Crippen molar-refractivity contribution >= 4 is 0 Å². The molecule has 0 amide bonds. The molecule has 10 heavy (non-hydrogen) atoms. The minimum atomic E-state index is 0.0306. The van der Waals surface area contributed by atoms with Gasteiger partial charge in [-0.2, -0.15) is 5.26 Å². The van der Waals surface area contributed by atoms with Gasteiger partial charge < -0.3 is 0 Å². The zero-order valence-corrected chi connectivity index (χ0v) is 6.43. The molecule has 2 heteroatoms. The summed E-state index contributed by atoms with van der Waals surface area (Å²) in [6.45, 7) is 1.92. The Kier molecular flexibility index (Phi) is 2.70. The Hall–Kier alpha value is -0.550. The van der Waals surface area contributed by atoms with E-state index < -0.39 is 0 Å². The summed E-state index contributed by atoms with van der Waals surface area (Å²) in [5.74, 6) is 0. The molecule has 1 rings (SSSR count). The molecule has 0 aromatic heterocycles. The van der Waals surface area contributed by atoms with Crippen LogP contribution < -0.4 is 5.32 Å². The van der Waals surface area contributed by atoms with E-state index in [-0.39, 0.29) is 6.04 Å². The number of nitrogens with one attached hydrogen (secondary N) is 1. The van der Waals surface area contributed by atoms with Gasteiger partial charge in [0.15, 0.2) is 0 Å². The first-order chi connectivity index (χ1) is 4.83. The SMILES string of the molecule is CC(C#N)NC1CCCC1. The molecule has 1 aliphatic rings. The van der Waals surface area contributed by atoms with Crippen molar-refractivity contribution in [3.63, 3.8) is 0 Å². The number of hydrogen-bond acceptors (Lipinski definition) is 2. The van der Waals surface area contributed by atoms with Gasteiger partial charge in [0.25, 0.3) is 0 Å². The minimum Gasteiger partial charge on any atom is -0.299 e. The lowest BCUT2D eigenvalue weighted by Gasteiger charge is -2.12. The Bertz CT molecular complexity index is 131. The normalized spacial score (nSPS) is 22.4. The molecule has 0 bridgehead atoms. The Morgan fingerprint density at radius 3 is 2.60 bits per heavy atom. The van der Waals surface area contributed by atoms with Crippen LogP contribution in [0.1, 0.15) is 32.6 Å². The van der Waals surface area contributed by atoms with Crippen molar-refractivity contribution in [2.45, 2.75) is 44.7 Å². The highest BCUT2D eigenvalue weighted by Crippen LogP contribution is 2.17. The highest BCUT2D eigenvalue weighted by molar-refractivity contribution is 4.89. The van der Waals surface area contributed by atoms with Gasteiger partial charge in [0, 0.05) is 6.04 Å². The second-order valence-electron chi connectivity index (χ2n) is 3.00. The molecule has 1 atom stereocenters. The van der Waals surface area contributed by atoms with E-state index in [1.807, 2.05) is 6.92 Å². The van der Waals surface area contributed by atoms with E-state index >= 15 is 0 Å². The van der Waals surface area contributed by atoms with Crippen LogP contribution in [0.3, 0.4) is 0 Å². The maximum Gasteiger partial charge on any atom is 0.0926 e. The zero-order chi connectivity index (χ0) is 7.40. The number of hydrogen-bond donors (Lipinski definition) is 1. The Morgan fingerprint density at radius 1 is 1.50 bits per heavy atom. The molecule has 1 fully saturated rings. The molecule has 0 heterocycles. The third kappa shape index (κ3) is 2.00. The Labute approximate surface area is 62.2 Å². The lowest BCUT2D eigenvalue weighted by atomic mass is 10.2. The smallest absolute Gasteiger partial charge is 0.0926 e. The van der Waals surface area contributed by atoms with Gasteiger partial charge in [0.1, 0.15) is 0 Å². The summed E-state index contributed by atoms with van der Waals surface area (Å²) in [6.07, 6.45) is 5.17. The number of nitrogens with zero attached hydrogens (tertiary/aromatic N) is 1. The predicted octanol–water partition coefficient (Wildman–Crippen LogP) is 1.43. The van der Waals surface area contributed by atoms with Crippen molar-refractivity contribution in [3.8, 4) is 6.07 Å². The first-order valence-electron chi connectivity index (χ1n) is 3.98. The van der Waals surface area contributed by atoms with E-state index in [1.54, 1.807) is 0 Å². The average Bonchev–Trinajstić information content (AvgIpc) is 2.40. The quantitative estimate of drug-likeness (QED) is 0.626. The average molecular weight is 138 g/mol. The van der Waals surface area contributed by atoms with Crippen molar-refractivity contribution in [3.05, 3.63) is 0 Å².